The van der Waals surface area contributed by atoms with Crippen molar-refractivity contribution in [2.24, 2.45) is 11.8 Å². The fraction of sp³-hybridized carbons (Fsp3) is 0.938. The second kappa shape index (κ2) is 7.28. The Balaban J connectivity index is 2.51. The van der Waals surface area contributed by atoms with E-state index in [1.54, 1.807) is 0 Å². The van der Waals surface area contributed by atoms with Crippen molar-refractivity contribution in [1.29, 1.82) is 0 Å². The van der Waals surface area contributed by atoms with Gasteiger partial charge in [-0.25, -0.2) is 0 Å². The molecule has 1 heterocycles. The smallest absolute Gasteiger partial charge is 0.225 e. The third-order valence-electron chi connectivity index (χ3n) is 4.43. The zero-order valence-corrected chi connectivity index (χ0v) is 13.1. The molecule has 0 radical (unpaired) electrons. The van der Waals surface area contributed by atoms with Crippen molar-refractivity contribution >= 4 is 5.91 Å². The van der Waals surface area contributed by atoms with Gasteiger partial charge in [-0.2, -0.15) is 0 Å². The fourth-order valence-corrected chi connectivity index (χ4v) is 3.15. The first-order valence-corrected chi connectivity index (χ1v) is 7.91. The minimum Gasteiger partial charge on any atom is -0.390 e. The van der Waals surface area contributed by atoms with Gasteiger partial charge in [-0.3, -0.25) is 4.79 Å². The molecule has 0 aromatic rings. The number of amides is 1. The first-order chi connectivity index (χ1) is 8.90. The molecule has 0 aromatic carbocycles. The van der Waals surface area contributed by atoms with E-state index in [-0.39, 0.29) is 5.92 Å². The van der Waals surface area contributed by atoms with Crippen LogP contribution in [0.2, 0.25) is 0 Å². The largest absolute Gasteiger partial charge is 0.390 e. The molecule has 0 aliphatic carbocycles. The van der Waals surface area contributed by atoms with Crippen molar-refractivity contribution < 1.29 is 9.90 Å². The fourth-order valence-electron chi connectivity index (χ4n) is 3.15. The summed E-state index contributed by atoms with van der Waals surface area (Å²) in [6, 6.07) is 0. The van der Waals surface area contributed by atoms with Crippen LogP contribution in [0.15, 0.2) is 0 Å². The summed E-state index contributed by atoms with van der Waals surface area (Å²) in [5, 5.41) is 10.0. The maximum Gasteiger partial charge on any atom is 0.225 e. The molecule has 1 aliphatic rings. The molecule has 0 spiro atoms. The van der Waals surface area contributed by atoms with Crippen molar-refractivity contribution in [3.05, 3.63) is 0 Å². The molecular weight excluding hydrogens is 238 g/mol. The Hall–Kier alpha value is -0.570. The molecule has 0 aromatic heterocycles. The summed E-state index contributed by atoms with van der Waals surface area (Å²) in [6.45, 7) is 9.69. The number of hydrogen-bond acceptors (Lipinski definition) is 2. The van der Waals surface area contributed by atoms with Gasteiger partial charge < -0.3 is 10.0 Å². The molecule has 19 heavy (non-hydrogen) atoms. The number of rotatable bonds is 6. The van der Waals surface area contributed by atoms with Crippen LogP contribution in [0.1, 0.15) is 66.2 Å². The number of piperidine rings is 1. The standard InChI is InChI=1S/C16H31NO2/c1-5-7-13(8-6-2)15(18)17-11-9-14(10-12-17)16(3,4)19/h13-14,19H,5-12H2,1-4H3. The van der Waals surface area contributed by atoms with Crippen molar-refractivity contribution in [2.75, 3.05) is 13.1 Å². The molecule has 0 saturated carbocycles. The third kappa shape index (κ3) is 4.79. The molecule has 1 amide bonds. The SMILES string of the molecule is CCCC(CCC)C(=O)N1CCC(C(C)(C)O)CC1. The van der Waals surface area contributed by atoms with E-state index in [0.29, 0.717) is 11.8 Å². The summed E-state index contributed by atoms with van der Waals surface area (Å²) in [5.41, 5.74) is -0.610. The lowest BCUT2D eigenvalue weighted by Crippen LogP contribution is -2.46. The first-order valence-electron chi connectivity index (χ1n) is 7.91. The molecule has 1 saturated heterocycles. The highest BCUT2D eigenvalue weighted by Crippen LogP contribution is 2.29. The van der Waals surface area contributed by atoms with Crippen molar-refractivity contribution in [2.45, 2.75) is 71.8 Å². The Bertz CT molecular complexity index is 269. The van der Waals surface area contributed by atoms with Gasteiger partial charge in [0.05, 0.1) is 5.60 Å². The molecule has 3 nitrogen and oxygen atoms in total. The average molecular weight is 269 g/mol. The number of carbonyl (C=O) groups excluding carboxylic acids is 1. The van der Waals surface area contributed by atoms with Crippen LogP contribution in [-0.4, -0.2) is 34.6 Å². The molecule has 1 aliphatic heterocycles. The van der Waals surface area contributed by atoms with Crippen molar-refractivity contribution in [3.8, 4) is 0 Å². The van der Waals surface area contributed by atoms with E-state index in [1.165, 1.54) is 0 Å². The summed E-state index contributed by atoms with van der Waals surface area (Å²) in [5.74, 6) is 0.888. The van der Waals surface area contributed by atoms with Crippen molar-refractivity contribution in [1.82, 2.24) is 4.90 Å². The molecule has 1 fully saturated rings. The van der Waals surface area contributed by atoms with Gasteiger partial charge in [-0.1, -0.05) is 26.7 Å². The Kier molecular flexibility index (Phi) is 6.31. The van der Waals surface area contributed by atoms with Crippen LogP contribution >= 0.6 is 0 Å². The minimum absolute atomic E-state index is 0.216. The van der Waals surface area contributed by atoms with E-state index < -0.39 is 5.60 Å². The number of carbonyl (C=O) groups is 1. The molecule has 0 bridgehead atoms. The summed E-state index contributed by atoms with van der Waals surface area (Å²) >= 11 is 0. The van der Waals surface area contributed by atoms with Gasteiger partial charge in [0.25, 0.3) is 0 Å². The molecule has 1 rings (SSSR count). The highest BCUT2D eigenvalue weighted by atomic mass is 16.3. The number of likely N-dealkylation sites (tertiary alicyclic amines) is 1. The predicted molar refractivity (Wildman–Crippen MR) is 78.9 cm³/mol. The first kappa shape index (κ1) is 16.5. The van der Waals surface area contributed by atoms with Crippen LogP contribution in [0.4, 0.5) is 0 Å². The zero-order chi connectivity index (χ0) is 14.5. The summed E-state index contributed by atoms with van der Waals surface area (Å²) in [4.78, 5) is 14.5. The van der Waals surface area contributed by atoms with Crippen LogP contribution in [0.3, 0.4) is 0 Å². The van der Waals surface area contributed by atoms with Crippen LogP contribution < -0.4 is 0 Å². The van der Waals surface area contributed by atoms with Crippen LogP contribution in [0.5, 0.6) is 0 Å². The number of aliphatic hydroxyl groups is 1. The monoisotopic (exact) mass is 269 g/mol. The zero-order valence-electron chi connectivity index (χ0n) is 13.1. The Morgan fingerprint density at radius 1 is 1.21 bits per heavy atom. The van der Waals surface area contributed by atoms with E-state index >= 15 is 0 Å². The van der Waals surface area contributed by atoms with Crippen LogP contribution in [0.25, 0.3) is 0 Å². The lowest BCUT2D eigenvalue weighted by atomic mass is 9.82. The topological polar surface area (TPSA) is 40.5 Å². The Morgan fingerprint density at radius 3 is 2.05 bits per heavy atom. The highest BCUT2D eigenvalue weighted by molar-refractivity contribution is 5.78. The van der Waals surface area contributed by atoms with Crippen LogP contribution in [0, 0.1) is 11.8 Å². The van der Waals surface area contributed by atoms with Gasteiger partial charge in [0.15, 0.2) is 0 Å². The van der Waals surface area contributed by atoms with Gasteiger partial charge in [0.1, 0.15) is 0 Å². The second-order valence-electron chi connectivity index (χ2n) is 6.53. The predicted octanol–water partition coefficient (Wildman–Crippen LogP) is 3.21. The Labute approximate surface area is 118 Å². The lowest BCUT2D eigenvalue weighted by molar-refractivity contribution is -0.138. The summed E-state index contributed by atoms with van der Waals surface area (Å²) in [7, 11) is 0. The maximum absolute atomic E-state index is 12.5. The molecule has 0 atom stereocenters. The normalized spacial score (nSPS) is 18.1. The van der Waals surface area contributed by atoms with Crippen LogP contribution in [-0.2, 0) is 4.79 Å². The van der Waals surface area contributed by atoms with E-state index in [1.807, 2.05) is 18.7 Å². The maximum atomic E-state index is 12.5. The van der Waals surface area contributed by atoms with Crippen molar-refractivity contribution in [3.63, 3.8) is 0 Å². The average Bonchev–Trinajstić information content (AvgIpc) is 2.37. The minimum atomic E-state index is -0.610. The quantitative estimate of drug-likeness (QED) is 0.804. The van der Waals surface area contributed by atoms with Gasteiger partial charge >= 0.3 is 0 Å². The Morgan fingerprint density at radius 2 is 1.68 bits per heavy atom. The molecule has 3 heteroatoms. The third-order valence-corrected chi connectivity index (χ3v) is 4.43. The van der Waals surface area contributed by atoms with E-state index in [2.05, 4.69) is 13.8 Å². The van der Waals surface area contributed by atoms with E-state index in [4.69, 9.17) is 0 Å². The van der Waals surface area contributed by atoms with Gasteiger partial charge in [-0.15, -0.1) is 0 Å². The summed E-state index contributed by atoms with van der Waals surface area (Å²) in [6.07, 6.45) is 6.05. The van der Waals surface area contributed by atoms with Gasteiger partial charge in [0.2, 0.25) is 5.91 Å². The van der Waals surface area contributed by atoms with Gasteiger partial charge in [-0.05, 0) is 45.4 Å². The van der Waals surface area contributed by atoms with Gasteiger partial charge in [0, 0.05) is 19.0 Å². The molecule has 1 N–H and O–H groups in total. The second-order valence-corrected chi connectivity index (χ2v) is 6.53. The lowest BCUT2D eigenvalue weighted by Gasteiger charge is -2.39. The van der Waals surface area contributed by atoms with E-state index in [0.717, 1.165) is 51.6 Å². The number of nitrogens with zero attached hydrogens (tertiary/aromatic N) is 1. The molecular formula is C16H31NO2. The van der Waals surface area contributed by atoms with E-state index in [9.17, 15) is 9.90 Å². The highest BCUT2D eigenvalue weighted by Gasteiger charge is 2.33. The summed E-state index contributed by atoms with van der Waals surface area (Å²) < 4.78 is 0. The molecule has 0 unspecified atom stereocenters. The number of hydrogen-bond donors (Lipinski definition) is 1. The molecule has 112 valence electrons.